The van der Waals surface area contributed by atoms with Crippen LogP contribution in [0.2, 0.25) is 0 Å². The number of carbonyl (C=O) groups is 1. The number of hydrogen-bond acceptors (Lipinski definition) is 7. The van der Waals surface area contributed by atoms with Crippen molar-refractivity contribution >= 4 is 11.8 Å². The highest BCUT2D eigenvalue weighted by molar-refractivity contribution is 5.90. The van der Waals surface area contributed by atoms with E-state index >= 15 is 0 Å². The molecular weight excluding hydrogens is 503 g/mol. The smallest absolute Gasteiger partial charge is 0.320 e. The number of methoxy groups -OCH3 is 1. The zero-order chi connectivity index (χ0) is 28.2. The van der Waals surface area contributed by atoms with Crippen molar-refractivity contribution in [3.8, 4) is 11.6 Å². The summed E-state index contributed by atoms with van der Waals surface area (Å²) in [5.41, 5.74) is 1.04. The molecule has 3 atom stereocenters. The Kier molecular flexibility index (Phi) is 8.83. The van der Waals surface area contributed by atoms with Crippen molar-refractivity contribution < 1.29 is 23.8 Å². The predicted octanol–water partition coefficient (Wildman–Crippen LogP) is 3.84. The Bertz CT molecular complexity index is 1260. The first-order chi connectivity index (χ1) is 18.6. The number of benzene rings is 1. The number of rotatable bonds is 10. The minimum absolute atomic E-state index is 0.0344. The van der Waals surface area contributed by atoms with E-state index in [1.54, 1.807) is 38.6 Å². The summed E-state index contributed by atoms with van der Waals surface area (Å²) in [4.78, 5) is 19.3. The molecule has 2 aromatic heterocycles. The second kappa shape index (κ2) is 12.1. The number of hydrogen-bond donors (Lipinski definition) is 3. The van der Waals surface area contributed by atoms with Crippen molar-refractivity contribution in [3.05, 3.63) is 65.7 Å². The number of pyridine rings is 1. The Balaban J connectivity index is 1.59. The van der Waals surface area contributed by atoms with Gasteiger partial charge in [-0.15, -0.1) is 5.10 Å². The number of likely N-dealkylation sites (N-methyl/N-ethyl adjacent to an activating group) is 1. The fraction of sp³-hybridized carbons (Fsp3) is 0.464. The first-order valence-electron chi connectivity index (χ1n) is 13.0. The van der Waals surface area contributed by atoms with Crippen LogP contribution in [-0.4, -0.2) is 75.9 Å². The van der Waals surface area contributed by atoms with E-state index in [0.717, 1.165) is 17.7 Å². The van der Waals surface area contributed by atoms with E-state index in [2.05, 4.69) is 25.6 Å². The Morgan fingerprint density at radius 3 is 2.67 bits per heavy atom. The lowest BCUT2D eigenvalue weighted by atomic mass is 10.0. The standard InChI is InChI=1S/C28H37FN6O4/c1-18-25(35(20-9-7-6-8-10-20)33-26(18)39-17-28(2,3)37)32-27(36)31-22-16-21(12-14-38-5)34(4)24(22)19-11-13-30-23(29)15-19/h6-11,13,15,21-22,24,37H,12,14,16-17H2,1-5H3,(H2,31,32,36)/t21-,22-,24+/m1/s1. The van der Waals surface area contributed by atoms with Crippen LogP contribution in [0.15, 0.2) is 48.7 Å². The van der Waals surface area contributed by atoms with Crippen LogP contribution < -0.4 is 15.4 Å². The molecule has 1 fully saturated rings. The highest BCUT2D eigenvalue weighted by atomic mass is 19.1. The molecule has 210 valence electrons. The van der Waals surface area contributed by atoms with Crippen LogP contribution in [0.5, 0.6) is 5.88 Å². The number of para-hydroxylation sites is 1. The van der Waals surface area contributed by atoms with Gasteiger partial charge >= 0.3 is 6.03 Å². The molecule has 1 aliphatic heterocycles. The second-order valence-electron chi connectivity index (χ2n) is 10.5. The second-order valence-corrected chi connectivity index (χ2v) is 10.5. The Morgan fingerprint density at radius 2 is 2.00 bits per heavy atom. The molecule has 0 unspecified atom stereocenters. The van der Waals surface area contributed by atoms with Crippen molar-refractivity contribution in [1.82, 2.24) is 25.0 Å². The number of urea groups is 1. The van der Waals surface area contributed by atoms with Gasteiger partial charge in [-0.25, -0.2) is 14.5 Å². The number of aromatic nitrogens is 3. The third-order valence-electron chi connectivity index (χ3n) is 6.86. The number of amides is 2. The lowest BCUT2D eigenvalue weighted by Crippen LogP contribution is -2.41. The number of halogens is 1. The highest BCUT2D eigenvalue weighted by Gasteiger charge is 2.40. The first-order valence-corrected chi connectivity index (χ1v) is 13.0. The zero-order valence-corrected chi connectivity index (χ0v) is 23.0. The Morgan fingerprint density at radius 1 is 1.26 bits per heavy atom. The molecule has 11 heteroatoms. The van der Waals surface area contributed by atoms with Gasteiger partial charge in [0.1, 0.15) is 12.4 Å². The number of ether oxygens (including phenoxy) is 2. The van der Waals surface area contributed by atoms with E-state index in [1.807, 2.05) is 37.4 Å². The van der Waals surface area contributed by atoms with Gasteiger partial charge in [0.05, 0.1) is 28.9 Å². The molecule has 4 rings (SSSR count). The first kappa shape index (κ1) is 28.5. The van der Waals surface area contributed by atoms with Crippen LogP contribution in [-0.2, 0) is 4.74 Å². The summed E-state index contributed by atoms with van der Waals surface area (Å²) in [5, 5.41) is 20.8. The molecule has 39 heavy (non-hydrogen) atoms. The number of anilines is 1. The van der Waals surface area contributed by atoms with E-state index in [-0.39, 0.29) is 24.7 Å². The quantitative estimate of drug-likeness (QED) is 0.335. The van der Waals surface area contributed by atoms with E-state index in [9.17, 15) is 14.3 Å². The predicted molar refractivity (Wildman–Crippen MR) is 146 cm³/mol. The van der Waals surface area contributed by atoms with E-state index in [1.165, 1.54) is 12.3 Å². The molecule has 1 aliphatic rings. The number of aliphatic hydroxyl groups is 1. The fourth-order valence-corrected chi connectivity index (χ4v) is 4.95. The van der Waals surface area contributed by atoms with Crippen LogP contribution >= 0.6 is 0 Å². The van der Waals surface area contributed by atoms with Gasteiger partial charge in [0, 0.05) is 26.0 Å². The monoisotopic (exact) mass is 540 g/mol. The summed E-state index contributed by atoms with van der Waals surface area (Å²) in [6.07, 6.45) is 2.88. The van der Waals surface area contributed by atoms with Gasteiger partial charge in [0.25, 0.3) is 0 Å². The highest BCUT2D eigenvalue weighted by Crippen LogP contribution is 2.37. The third-order valence-corrected chi connectivity index (χ3v) is 6.86. The van der Waals surface area contributed by atoms with Crippen LogP contribution in [0.3, 0.4) is 0 Å². The van der Waals surface area contributed by atoms with Gasteiger partial charge in [-0.2, -0.15) is 4.39 Å². The van der Waals surface area contributed by atoms with Gasteiger partial charge in [-0.05, 0) is 70.5 Å². The summed E-state index contributed by atoms with van der Waals surface area (Å²) >= 11 is 0. The number of likely N-dealkylation sites (tertiary alicyclic amines) is 1. The average molecular weight is 541 g/mol. The lowest BCUT2D eigenvalue weighted by molar-refractivity contribution is 0.0265. The molecule has 0 radical (unpaired) electrons. The SMILES string of the molecule is COCC[C@@H]1C[C@@H](NC(=O)Nc2c(C)c(OCC(C)(C)O)nn2-c2ccccc2)[C@H](c2ccnc(F)c2)N1C. The molecular formula is C28H37FN6O4. The normalized spacial score (nSPS) is 19.7. The van der Waals surface area contributed by atoms with Gasteiger partial charge < -0.3 is 19.9 Å². The van der Waals surface area contributed by atoms with Crippen molar-refractivity contribution in [2.45, 2.75) is 57.3 Å². The van der Waals surface area contributed by atoms with E-state index < -0.39 is 17.6 Å². The summed E-state index contributed by atoms with van der Waals surface area (Å²) in [5.74, 6) is 0.185. The molecule has 0 saturated carbocycles. The molecule has 1 aromatic carbocycles. The number of nitrogens with zero attached hydrogens (tertiary/aromatic N) is 4. The molecule has 3 aromatic rings. The topological polar surface area (TPSA) is 114 Å². The number of carbonyl (C=O) groups excluding carboxylic acids is 1. The third kappa shape index (κ3) is 6.92. The maximum absolute atomic E-state index is 14.0. The van der Waals surface area contributed by atoms with Crippen LogP contribution in [0.1, 0.15) is 43.9 Å². The molecule has 0 aliphatic carbocycles. The zero-order valence-electron chi connectivity index (χ0n) is 23.0. The maximum Gasteiger partial charge on any atom is 0.320 e. The minimum Gasteiger partial charge on any atom is -0.473 e. The lowest BCUT2D eigenvalue weighted by Gasteiger charge is -2.28. The van der Waals surface area contributed by atoms with Gasteiger partial charge in [-0.3, -0.25) is 10.2 Å². The number of nitrogens with one attached hydrogen (secondary N) is 2. The maximum atomic E-state index is 14.0. The van der Waals surface area contributed by atoms with Crippen LogP contribution in [0.25, 0.3) is 5.69 Å². The summed E-state index contributed by atoms with van der Waals surface area (Å²) in [6, 6.07) is 11.7. The molecule has 3 N–H and O–H groups in total. The molecule has 0 bridgehead atoms. The van der Waals surface area contributed by atoms with Crippen molar-refractivity contribution in [2.75, 3.05) is 32.7 Å². The molecule has 10 nitrogen and oxygen atoms in total. The molecule has 1 saturated heterocycles. The fourth-order valence-electron chi connectivity index (χ4n) is 4.95. The summed E-state index contributed by atoms with van der Waals surface area (Å²) in [6.45, 7) is 5.70. The molecule has 3 heterocycles. The largest absolute Gasteiger partial charge is 0.473 e. The minimum atomic E-state index is -1.05. The summed E-state index contributed by atoms with van der Waals surface area (Å²) in [7, 11) is 3.63. The van der Waals surface area contributed by atoms with Crippen molar-refractivity contribution in [2.24, 2.45) is 0 Å². The average Bonchev–Trinajstić information content (AvgIpc) is 3.37. The van der Waals surface area contributed by atoms with E-state index in [0.29, 0.717) is 30.3 Å². The van der Waals surface area contributed by atoms with Crippen molar-refractivity contribution in [3.63, 3.8) is 0 Å². The van der Waals surface area contributed by atoms with Gasteiger partial charge in [-0.1, -0.05) is 18.2 Å². The van der Waals surface area contributed by atoms with Crippen LogP contribution in [0, 0.1) is 12.9 Å². The van der Waals surface area contributed by atoms with Gasteiger partial charge in [0.15, 0.2) is 0 Å². The van der Waals surface area contributed by atoms with E-state index in [4.69, 9.17) is 9.47 Å². The van der Waals surface area contributed by atoms with Crippen LogP contribution in [0.4, 0.5) is 15.0 Å². The molecule has 0 spiro atoms. The summed E-state index contributed by atoms with van der Waals surface area (Å²) < 4.78 is 26.7. The Hall–Kier alpha value is -3.54. The van der Waals surface area contributed by atoms with Gasteiger partial charge in [0.2, 0.25) is 11.8 Å². The molecule has 2 amide bonds. The Labute approximate surface area is 228 Å². The van der Waals surface area contributed by atoms with Crippen molar-refractivity contribution in [1.29, 1.82) is 0 Å².